The molecule has 0 spiro atoms. The minimum Gasteiger partial charge on any atom is -0.382 e. The summed E-state index contributed by atoms with van der Waals surface area (Å²) in [5.41, 5.74) is 5.07. The van der Waals surface area contributed by atoms with E-state index in [1.54, 1.807) is 7.11 Å². The van der Waals surface area contributed by atoms with Crippen LogP contribution < -0.4 is 11.1 Å². The Balaban J connectivity index is 3.05. The van der Waals surface area contributed by atoms with E-state index in [0.717, 1.165) is 0 Å². The molecular weight excluding hydrogens is 228 g/mol. The fraction of sp³-hybridized carbons (Fsp3) is 0.900. The van der Waals surface area contributed by atoms with Gasteiger partial charge in [-0.2, -0.15) is 0 Å². The number of nitrogens with two attached hydrogens (primary N) is 1. The minimum atomic E-state index is -0.199. The molecule has 7 nitrogen and oxygen atoms in total. The van der Waals surface area contributed by atoms with Gasteiger partial charge in [-0.1, -0.05) is 0 Å². The third-order valence-electron chi connectivity index (χ3n) is 1.72. The minimum absolute atomic E-state index is 0.0172. The molecule has 0 aromatic heterocycles. The van der Waals surface area contributed by atoms with Gasteiger partial charge in [0.15, 0.2) is 0 Å². The lowest BCUT2D eigenvalue weighted by atomic mass is 10.6. The van der Waals surface area contributed by atoms with Gasteiger partial charge in [0.2, 0.25) is 5.91 Å². The smallest absolute Gasteiger partial charge is 0.246 e. The first kappa shape index (κ1) is 16.3. The molecule has 0 atom stereocenters. The first-order valence-electron chi connectivity index (χ1n) is 5.50. The van der Waals surface area contributed by atoms with Gasteiger partial charge in [0.25, 0.3) is 0 Å². The van der Waals surface area contributed by atoms with Crippen LogP contribution in [0, 0.1) is 0 Å². The molecule has 0 aromatic rings. The second-order valence-corrected chi connectivity index (χ2v) is 3.08. The van der Waals surface area contributed by atoms with E-state index in [0.29, 0.717) is 39.6 Å². The van der Waals surface area contributed by atoms with Crippen molar-refractivity contribution >= 4 is 5.91 Å². The van der Waals surface area contributed by atoms with E-state index in [9.17, 15) is 4.79 Å². The normalized spacial score (nSPS) is 10.5. The van der Waals surface area contributed by atoms with Gasteiger partial charge in [-0.15, -0.1) is 0 Å². The maximum Gasteiger partial charge on any atom is 0.246 e. The Kier molecular flexibility index (Phi) is 12.8. The van der Waals surface area contributed by atoms with Crippen molar-refractivity contribution < 1.29 is 23.7 Å². The van der Waals surface area contributed by atoms with Crippen LogP contribution in [0.4, 0.5) is 0 Å². The summed E-state index contributed by atoms with van der Waals surface area (Å²) in [4.78, 5) is 11.0. The number of carbonyl (C=O) groups excluding carboxylic acids is 1. The third-order valence-corrected chi connectivity index (χ3v) is 1.72. The number of carbonyl (C=O) groups is 1. The van der Waals surface area contributed by atoms with Crippen LogP contribution in [0.15, 0.2) is 0 Å². The second kappa shape index (κ2) is 13.3. The van der Waals surface area contributed by atoms with Gasteiger partial charge in [-0.25, -0.2) is 0 Å². The number of nitrogens with one attached hydrogen (secondary N) is 1. The fourth-order valence-corrected chi connectivity index (χ4v) is 0.930. The zero-order chi connectivity index (χ0) is 12.8. The van der Waals surface area contributed by atoms with E-state index in [1.807, 2.05) is 0 Å². The molecule has 0 saturated carbocycles. The predicted octanol–water partition coefficient (Wildman–Crippen LogP) is -1.28. The Hall–Kier alpha value is -0.730. The summed E-state index contributed by atoms with van der Waals surface area (Å²) in [6.45, 7) is 3.09. The van der Waals surface area contributed by atoms with E-state index < -0.39 is 0 Å². The molecule has 0 radical (unpaired) electrons. The van der Waals surface area contributed by atoms with Crippen molar-refractivity contribution in [2.24, 2.45) is 5.73 Å². The summed E-state index contributed by atoms with van der Waals surface area (Å²) in [5, 5.41) is 2.62. The number of rotatable bonds is 12. The van der Waals surface area contributed by atoms with E-state index in [-0.39, 0.29) is 19.2 Å². The number of hydrogen-bond donors (Lipinski definition) is 2. The molecule has 0 bridgehead atoms. The molecule has 3 N–H and O–H groups in total. The van der Waals surface area contributed by atoms with Crippen molar-refractivity contribution in [2.75, 3.05) is 60.0 Å². The quantitative estimate of drug-likeness (QED) is 0.331. The Labute approximate surface area is 102 Å². The molecule has 0 heterocycles. The number of hydrogen-bond acceptors (Lipinski definition) is 6. The van der Waals surface area contributed by atoms with Gasteiger partial charge >= 0.3 is 0 Å². The van der Waals surface area contributed by atoms with Crippen molar-refractivity contribution in [3.05, 3.63) is 0 Å². The Morgan fingerprint density at radius 1 is 1.06 bits per heavy atom. The van der Waals surface area contributed by atoms with Crippen molar-refractivity contribution in [3.63, 3.8) is 0 Å². The summed E-state index contributed by atoms with van der Waals surface area (Å²) in [5.74, 6) is -0.199. The molecule has 102 valence electrons. The molecule has 0 aliphatic carbocycles. The highest BCUT2D eigenvalue weighted by Gasteiger charge is 1.98. The van der Waals surface area contributed by atoms with E-state index in [2.05, 4.69) is 5.32 Å². The lowest BCUT2D eigenvalue weighted by molar-refractivity contribution is -0.125. The largest absolute Gasteiger partial charge is 0.382 e. The summed E-state index contributed by atoms with van der Waals surface area (Å²) < 4.78 is 19.9. The average molecular weight is 250 g/mol. The van der Waals surface area contributed by atoms with Crippen LogP contribution in [-0.2, 0) is 23.7 Å². The lowest BCUT2D eigenvalue weighted by Gasteiger charge is -2.07. The van der Waals surface area contributed by atoms with Gasteiger partial charge in [0, 0.05) is 13.7 Å². The molecular formula is C10H22N2O5. The van der Waals surface area contributed by atoms with Crippen LogP contribution in [0.2, 0.25) is 0 Å². The molecule has 0 fully saturated rings. The van der Waals surface area contributed by atoms with E-state index in [1.165, 1.54) is 0 Å². The molecule has 0 aliphatic rings. The van der Waals surface area contributed by atoms with E-state index >= 15 is 0 Å². The standard InChI is InChI=1S/C10H22N2O5/c1-14-4-5-16-7-6-15-3-2-12-10(13)8-17-9-11/h2-9,11H2,1H3,(H,12,13). The molecule has 7 heteroatoms. The van der Waals surface area contributed by atoms with Gasteiger partial charge in [0.1, 0.15) is 6.61 Å². The summed E-state index contributed by atoms with van der Waals surface area (Å²) in [6.07, 6.45) is 0. The van der Waals surface area contributed by atoms with Gasteiger partial charge < -0.3 is 30.0 Å². The summed E-state index contributed by atoms with van der Waals surface area (Å²) >= 11 is 0. The fourth-order valence-electron chi connectivity index (χ4n) is 0.930. The molecule has 17 heavy (non-hydrogen) atoms. The van der Waals surface area contributed by atoms with Crippen molar-refractivity contribution in [2.45, 2.75) is 0 Å². The first-order chi connectivity index (χ1) is 8.31. The maximum atomic E-state index is 11.0. The molecule has 1 amide bonds. The van der Waals surface area contributed by atoms with E-state index in [4.69, 9.17) is 24.7 Å². The van der Waals surface area contributed by atoms with Crippen molar-refractivity contribution in [3.8, 4) is 0 Å². The number of methoxy groups -OCH3 is 1. The van der Waals surface area contributed by atoms with Crippen LogP contribution in [-0.4, -0.2) is 65.9 Å². The second-order valence-electron chi connectivity index (χ2n) is 3.08. The molecule has 0 aliphatic heterocycles. The maximum absolute atomic E-state index is 11.0. The highest BCUT2D eigenvalue weighted by atomic mass is 16.5. The molecule has 0 unspecified atom stereocenters. The Bertz CT molecular complexity index is 180. The van der Waals surface area contributed by atoms with Gasteiger partial charge in [0.05, 0.1) is 39.8 Å². The summed E-state index contributed by atoms with van der Waals surface area (Å²) in [6, 6.07) is 0. The summed E-state index contributed by atoms with van der Waals surface area (Å²) in [7, 11) is 1.62. The van der Waals surface area contributed by atoms with Gasteiger partial charge in [-0.05, 0) is 0 Å². The average Bonchev–Trinajstić information content (AvgIpc) is 2.34. The Morgan fingerprint density at radius 3 is 2.35 bits per heavy atom. The first-order valence-corrected chi connectivity index (χ1v) is 5.50. The Morgan fingerprint density at radius 2 is 1.71 bits per heavy atom. The number of ether oxygens (including phenoxy) is 4. The number of amides is 1. The predicted molar refractivity (Wildman–Crippen MR) is 61.5 cm³/mol. The van der Waals surface area contributed by atoms with Crippen LogP contribution in [0.5, 0.6) is 0 Å². The zero-order valence-electron chi connectivity index (χ0n) is 10.3. The third kappa shape index (κ3) is 13.2. The van der Waals surface area contributed by atoms with Crippen molar-refractivity contribution in [1.29, 1.82) is 0 Å². The van der Waals surface area contributed by atoms with Crippen molar-refractivity contribution in [1.82, 2.24) is 5.32 Å². The van der Waals surface area contributed by atoms with Gasteiger partial charge in [-0.3, -0.25) is 4.79 Å². The molecule has 0 aromatic carbocycles. The lowest BCUT2D eigenvalue weighted by Crippen LogP contribution is -2.31. The highest BCUT2D eigenvalue weighted by Crippen LogP contribution is 1.79. The monoisotopic (exact) mass is 250 g/mol. The highest BCUT2D eigenvalue weighted by molar-refractivity contribution is 5.77. The van der Waals surface area contributed by atoms with Crippen LogP contribution in [0.3, 0.4) is 0 Å². The van der Waals surface area contributed by atoms with Crippen LogP contribution >= 0.6 is 0 Å². The zero-order valence-corrected chi connectivity index (χ0v) is 10.3. The SMILES string of the molecule is COCCOCCOCCNC(=O)COCN. The van der Waals surface area contributed by atoms with Crippen LogP contribution in [0.1, 0.15) is 0 Å². The van der Waals surface area contributed by atoms with Crippen LogP contribution in [0.25, 0.3) is 0 Å². The topological polar surface area (TPSA) is 92.0 Å². The molecule has 0 rings (SSSR count). The molecule has 0 saturated heterocycles.